The highest BCUT2D eigenvalue weighted by Crippen LogP contribution is 2.02. The maximum atomic E-state index is 11.4. The van der Waals surface area contributed by atoms with Crippen LogP contribution in [0.3, 0.4) is 0 Å². The highest BCUT2D eigenvalue weighted by molar-refractivity contribution is 7.92. The van der Waals surface area contributed by atoms with Gasteiger partial charge < -0.3 is 10.4 Å². The molecule has 0 aromatic heterocycles. The second kappa shape index (κ2) is 5.68. The van der Waals surface area contributed by atoms with Crippen molar-refractivity contribution in [2.24, 2.45) is 0 Å². The maximum absolute atomic E-state index is 11.4. The SMILES string of the molecule is CC(C)NCC(O)CS(=O)(=O)C(C)C. The van der Waals surface area contributed by atoms with Crippen molar-refractivity contribution >= 4 is 9.84 Å². The molecule has 0 aliphatic rings. The molecule has 5 heteroatoms. The van der Waals surface area contributed by atoms with Gasteiger partial charge in [0.2, 0.25) is 0 Å². The first kappa shape index (κ1) is 13.9. The summed E-state index contributed by atoms with van der Waals surface area (Å²) >= 11 is 0. The van der Waals surface area contributed by atoms with Gasteiger partial charge in [0.15, 0.2) is 9.84 Å². The van der Waals surface area contributed by atoms with Crippen LogP contribution in [0.25, 0.3) is 0 Å². The average Bonchev–Trinajstić information content (AvgIpc) is 1.99. The van der Waals surface area contributed by atoms with Crippen molar-refractivity contribution in [3.05, 3.63) is 0 Å². The van der Waals surface area contributed by atoms with E-state index in [4.69, 9.17) is 0 Å². The van der Waals surface area contributed by atoms with Gasteiger partial charge in [-0.15, -0.1) is 0 Å². The van der Waals surface area contributed by atoms with Crippen LogP contribution in [-0.4, -0.2) is 43.2 Å². The van der Waals surface area contributed by atoms with Gasteiger partial charge in [-0.05, 0) is 13.8 Å². The second-order valence-corrected chi connectivity index (χ2v) is 6.70. The fourth-order valence-corrected chi connectivity index (χ4v) is 1.93. The van der Waals surface area contributed by atoms with Crippen LogP contribution in [0.1, 0.15) is 27.7 Å². The molecule has 86 valence electrons. The molecular formula is C9H21NO3S. The Hall–Kier alpha value is -0.130. The van der Waals surface area contributed by atoms with Crippen LogP contribution in [0.15, 0.2) is 0 Å². The number of aliphatic hydroxyl groups excluding tert-OH is 1. The van der Waals surface area contributed by atoms with E-state index < -0.39 is 21.2 Å². The zero-order chi connectivity index (χ0) is 11.4. The highest BCUT2D eigenvalue weighted by atomic mass is 32.2. The van der Waals surface area contributed by atoms with Crippen LogP contribution in [0.4, 0.5) is 0 Å². The standard InChI is InChI=1S/C9H21NO3S/c1-7(2)10-5-9(11)6-14(12,13)8(3)4/h7-11H,5-6H2,1-4H3. The van der Waals surface area contributed by atoms with Crippen molar-refractivity contribution in [3.63, 3.8) is 0 Å². The van der Waals surface area contributed by atoms with E-state index in [2.05, 4.69) is 5.32 Å². The highest BCUT2D eigenvalue weighted by Gasteiger charge is 2.20. The van der Waals surface area contributed by atoms with E-state index in [0.717, 1.165) is 0 Å². The number of nitrogens with one attached hydrogen (secondary N) is 1. The summed E-state index contributed by atoms with van der Waals surface area (Å²) in [5.41, 5.74) is 0. The quantitative estimate of drug-likeness (QED) is 0.673. The molecule has 0 spiro atoms. The molecule has 0 aromatic rings. The molecule has 0 aliphatic carbocycles. The molecule has 0 radical (unpaired) electrons. The van der Waals surface area contributed by atoms with E-state index in [9.17, 15) is 13.5 Å². The Morgan fingerprint density at radius 2 is 1.71 bits per heavy atom. The van der Waals surface area contributed by atoms with Gasteiger partial charge >= 0.3 is 0 Å². The third kappa shape index (κ3) is 5.57. The molecule has 14 heavy (non-hydrogen) atoms. The number of hydrogen-bond donors (Lipinski definition) is 2. The molecule has 0 saturated heterocycles. The van der Waals surface area contributed by atoms with E-state index in [1.54, 1.807) is 13.8 Å². The van der Waals surface area contributed by atoms with Crippen LogP contribution < -0.4 is 5.32 Å². The van der Waals surface area contributed by atoms with E-state index in [1.165, 1.54) is 0 Å². The van der Waals surface area contributed by atoms with Gasteiger partial charge in [0.25, 0.3) is 0 Å². The molecule has 0 rings (SSSR count). The van der Waals surface area contributed by atoms with Crippen molar-refractivity contribution in [2.75, 3.05) is 12.3 Å². The Morgan fingerprint density at radius 3 is 2.07 bits per heavy atom. The van der Waals surface area contributed by atoms with Crippen molar-refractivity contribution in [3.8, 4) is 0 Å². The van der Waals surface area contributed by atoms with E-state index in [-0.39, 0.29) is 11.8 Å². The summed E-state index contributed by atoms with van der Waals surface area (Å²) in [4.78, 5) is 0. The van der Waals surface area contributed by atoms with Gasteiger partial charge in [-0.1, -0.05) is 13.8 Å². The third-order valence-corrected chi connectivity index (χ3v) is 4.19. The van der Waals surface area contributed by atoms with Crippen LogP contribution in [0, 0.1) is 0 Å². The lowest BCUT2D eigenvalue weighted by Gasteiger charge is -2.15. The summed E-state index contributed by atoms with van der Waals surface area (Å²) in [7, 11) is -3.14. The lowest BCUT2D eigenvalue weighted by molar-refractivity contribution is 0.190. The lowest BCUT2D eigenvalue weighted by atomic mass is 10.3. The maximum Gasteiger partial charge on any atom is 0.155 e. The largest absolute Gasteiger partial charge is 0.391 e. The Labute approximate surface area is 86.6 Å². The Bertz CT molecular complexity index is 247. The first-order chi connectivity index (χ1) is 6.25. The summed E-state index contributed by atoms with van der Waals surface area (Å²) in [5.74, 6) is -0.162. The number of hydrogen-bond acceptors (Lipinski definition) is 4. The predicted molar refractivity (Wildman–Crippen MR) is 58.1 cm³/mol. The molecule has 0 aromatic carbocycles. The fraction of sp³-hybridized carbons (Fsp3) is 1.00. The summed E-state index contributed by atoms with van der Waals surface area (Å²) < 4.78 is 22.8. The number of sulfone groups is 1. The molecule has 0 saturated carbocycles. The molecule has 0 heterocycles. The molecule has 0 aliphatic heterocycles. The molecule has 4 nitrogen and oxygen atoms in total. The van der Waals surface area contributed by atoms with Crippen LogP contribution >= 0.6 is 0 Å². The third-order valence-electron chi connectivity index (χ3n) is 1.90. The van der Waals surface area contributed by atoms with E-state index in [1.807, 2.05) is 13.8 Å². The minimum Gasteiger partial charge on any atom is -0.391 e. The molecule has 1 atom stereocenters. The van der Waals surface area contributed by atoms with Gasteiger partial charge in [-0.3, -0.25) is 0 Å². The summed E-state index contributed by atoms with van der Waals surface area (Å²) in [6.45, 7) is 7.47. The fourth-order valence-electron chi connectivity index (χ4n) is 0.891. The average molecular weight is 223 g/mol. The van der Waals surface area contributed by atoms with Crippen LogP contribution in [0.2, 0.25) is 0 Å². The van der Waals surface area contributed by atoms with E-state index in [0.29, 0.717) is 6.54 Å². The Balaban J connectivity index is 4.00. The smallest absolute Gasteiger partial charge is 0.155 e. The molecule has 1 unspecified atom stereocenters. The monoisotopic (exact) mass is 223 g/mol. The van der Waals surface area contributed by atoms with Crippen LogP contribution in [-0.2, 0) is 9.84 Å². The minimum absolute atomic E-state index is 0.162. The molecular weight excluding hydrogens is 202 g/mol. The predicted octanol–water partition coefficient (Wildman–Crippen LogP) is 0.168. The second-order valence-electron chi connectivity index (χ2n) is 4.10. The summed E-state index contributed by atoms with van der Waals surface area (Å²) in [6, 6.07) is 0.256. The first-order valence-electron chi connectivity index (χ1n) is 4.88. The normalized spacial score (nSPS) is 15.1. The molecule has 2 N–H and O–H groups in total. The zero-order valence-corrected chi connectivity index (χ0v) is 10.1. The summed E-state index contributed by atoms with van der Waals surface area (Å²) in [6.07, 6.45) is -0.815. The molecule has 0 fully saturated rings. The van der Waals surface area contributed by atoms with E-state index >= 15 is 0 Å². The van der Waals surface area contributed by atoms with Gasteiger partial charge in [-0.2, -0.15) is 0 Å². The number of rotatable bonds is 6. The Kier molecular flexibility index (Phi) is 5.63. The topological polar surface area (TPSA) is 66.4 Å². The Morgan fingerprint density at radius 1 is 1.21 bits per heavy atom. The van der Waals surface area contributed by atoms with Crippen molar-refractivity contribution in [1.29, 1.82) is 0 Å². The molecule has 0 bridgehead atoms. The lowest BCUT2D eigenvalue weighted by Crippen LogP contribution is -2.37. The minimum atomic E-state index is -3.14. The van der Waals surface area contributed by atoms with Crippen LogP contribution in [0.5, 0.6) is 0 Å². The van der Waals surface area contributed by atoms with Crippen molar-refractivity contribution in [1.82, 2.24) is 5.32 Å². The first-order valence-corrected chi connectivity index (χ1v) is 6.60. The van der Waals surface area contributed by atoms with Gasteiger partial charge in [0.1, 0.15) is 0 Å². The van der Waals surface area contributed by atoms with Crippen molar-refractivity contribution in [2.45, 2.75) is 45.1 Å². The summed E-state index contributed by atoms with van der Waals surface area (Å²) in [5, 5.41) is 12.0. The molecule has 0 amide bonds. The van der Waals surface area contributed by atoms with Crippen molar-refractivity contribution < 1.29 is 13.5 Å². The van der Waals surface area contributed by atoms with Gasteiger partial charge in [-0.25, -0.2) is 8.42 Å². The van der Waals surface area contributed by atoms with Gasteiger partial charge in [0.05, 0.1) is 17.1 Å². The van der Waals surface area contributed by atoms with Gasteiger partial charge in [0, 0.05) is 12.6 Å². The number of aliphatic hydroxyl groups is 1. The zero-order valence-electron chi connectivity index (χ0n) is 9.32.